The predicted octanol–water partition coefficient (Wildman–Crippen LogP) is 0.491. The fourth-order valence-electron chi connectivity index (χ4n) is 0.997. The number of hydrogen-bond acceptors (Lipinski definition) is 5. The van der Waals surface area contributed by atoms with Crippen LogP contribution in [0, 0.1) is 0 Å². The van der Waals surface area contributed by atoms with Crippen LogP contribution in [-0.4, -0.2) is 41.5 Å². The van der Waals surface area contributed by atoms with Crippen molar-refractivity contribution in [2.24, 2.45) is 0 Å². The van der Waals surface area contributed by atoms with Gasteiger partial charge in [0.1, 0.15) is 0 Å². The highest BCUT2D eigenvalue weighted by Gasteiger charge is 2.34. The summed E-state index contributed by atoms with van der Waals surface area (Å²) in [5.41, 5.74) is 0. The number of carboxylic acid groups (broad SMARTS) is 2. The van der Waals surface area contributed by atoms with Gasteiger partial charge in [-0.05, 0) is 0 Å². The maximum atomic E-state index is 10.1. The Morgan fingerprint density at radius 3 is 2.38 bits per heavy atom. The molecule has 1 aliphatic rings. The molecule has 0 spiro atoms. The maximum absolute atomic E-state index is 10.1. The van der Waals surface area contributed by atoms with Gasteiger partial charge in [-0.25, -0.2) is 9.59 Å². The predicted molar refractivity (Wildman–Crippen MR) is 36.4 cm³/mol. The largest absolute Gasteiger partial charge is 0.508 e. The van der Waals surface area contributed by atoms with Gasteiger partial charge < -0.3 is 24.4 Å². The molecule has 1 fully saturated rings. The zero-order chi connectivity index (χ0) is 9.84. The zero-order valence-corrected chi connectivity index (χ0v) is 6.50. The van der Waals surface area contributed by atoms with Crippen LogP contribution in [0.2, 0.25) is 0 Å². The van der Waals surface area contributed by atoms with E-state index in [9.17, 15) is 9.59 Å². The Hall–Kier alpha value is -1.50. The van der Waals surface area contributed by atoms with Crippen LogP contribution in [0.3, 0.4) is 0 Å². The van der Waals surface area contributed by atoms with E-state index in [0.29, 0.717) is 6.42 Å². The molecule has 0 aromatic heterocycles. The average Bonchev–Trinajstić information content (AvgIpc) is 2.34. The molecule has 0 radical (unpaired) electrons. The highest BCUT2D eigenvalue weighted by Crippen LogP contribution is 2.18. The van der Waals surface area contributed by atoms with Crippen LogP contribution in [-0.2, 0) is 14.2 Å². The summed E-state index contributed by atoms with van der Waals surface area (Å²) in [7, 11) is 0. The first kappa shape index (κ1) is 9.59. The molecule has 13 heavy (non-hydrogen) atoms. The van der Waals surface area contributed by atoms with Gasteiger partial charge in [0.15, 0.2) is 6.10 Å². The van der Waals surface area contributed by atoms with Gasteiger partial charge >= 0.3 is 12.3 Å². The highest BCUT2D eigenvalue weighted by molar-refractivity contribution is 5.58. The smallest absolute Gasteiger partial charge is 0.450 e. The minimum atomic E-state index is -1.52. The van der Waals surface area contributed by atoms with Crippen molar-refractivity contribution in [3.05, 3.63) is 0 Å². The van der Waals surface area contributed by atoms with Gasteiger partial charge in [-0.1, -0.05) is 0 Å². The fraction of sp³-hybridized carbons (Fsp3) is 0.667. The fourth-order valence-corrected chi connectivity index (χ4v) is 0.997. The van der Waals surface area contributed by atoms with Crippen molar-refractivity contribution in [3.8, 4) is 0 Å². The Kier molecular flexibility index (Phi) is 2.91. The first-order chi connectivity index (χ1) is 6.09. The molecule has 0 aromatic rings. The lowest BCUT2D eigenvalue weighted by molar-refractivity contribution is -0.129. The second kappa shape index (κ2) is 3.94. The summed E-state index contributed by atoms with van der Waals surface area (Å²) in [6.07, 6.45) is -4.72. The minimum absolute atomic E-state index is 0.218. The molecular formula is C6H8O7. The molecule has 2 unspecified atom stereocenters. The summed E-state index contributed by atoms with van der Waals surface area (Å²) in [6.45, 7) is 0.218. The number of hydrogen-bond donors (Lipinski definition) is 2. The molecule has 2 atom stereocenters. The number of carbonyl (C=O) groups is 2. The topological polar surface area (TPSA) is 102 Å². The molecule has 0 amide bonds. The molecule has 7 heteroatoms. The third kappa shape index (κ3) is 2.79. The van der Waals surface area contributed by atoms with E-state index in [-0.39, 0.29) is 6.61 Å². The Balaban J connectivity index is 2.43. The van der Waals surface area contributed by atoms with E-state index in [1.165, 1.54) is 0 Å². The van der Waals surface area contributed by atoms with Gasteiger partial charge in [0, 0.05) is 6.42 Å². The van der Waals surface area contributed by atoms with Crippen LogP contribution in [0.25, 0.3) is 0 Å². The van der Waals surface area contributed by atoms with E-state index in [1.54, 1.807) is 0 Å². The minimum Gasteiger partial charge on any atom is -0.450 e. The summed E-state index contributed by atoms with van der Waals surface area (Å²) in [4.78, 5) is 20.2. The first-order valence-electron chi connectivity index (χ1n) is 3.50. The van der Waals surface area contributed by atoms with Gasteiger partial charge in [-0.15, -0.1) is 0 Å². The van der Waals surface area contributed by atoms with Crippen LogP contribution in [0.5, 0.6) is 0 Å². The molecule has 0 saturated carbocycles. The number of ether oxygens (including phenoxy) is 3. The summed E-state index contributed by atoms with van der Waals surface area (Å²) >= 11 is 0. The molecule has 1 saturated heterocycles. The zero-order valence-electron chi connectivity index (χ0n) is 6.50. The molecule has 2 N–H and O–H groups in total. The van der Waals surface area contributed by atoms with Crippen molar-refractivity contribution in [3.63, 3.8) is 0 Å². The summed E-state index contributed by atoms with van der Waals surface area (Å²) < 4.78 is 13.3. The van der Waals surface area contributed by atoms with E-state index in [2.05, 4.69) is 9.47 Å². The SMILES string of the molecule is O=C(O)OC1CCOC1OC(=O)O. The van der Waals surface area contributed by atoms with E-state index in [4.69, 9.17) is 14.9 Å². The Morgan fingerprint density at radius 2 is 1.85 bits per heavy atom. The second-order valence-corrected chi connectivity index (χ2v) is 2.33. The van der Waals surface area contributed by atoms with E-state index in [0.717, 1.165) is 0 Å². The van der Waals surface area contributed by atoms with Crippen LogP contribution < -0.4 is 0 Å². The van der Waals surface area contributed by atoms with E-state index in [1.807, 2.05) is 0 Å². The van der Waals surface area contributed by atoms with E-state index >= 15 is 0 Å². The number of rotatable bonds is 2. The molecular weight excluding hydrogens is 184 g/mol. The maximum Gasteiger partial charge on any atom is 0.508 e. The molecule has 7 nitrogen and oxygen atoms in total. The Labute approximate surface area is 72.8 Å². The lowest BCUT2D eigenvalue weighted by Gasteiger charge is -2.15. The van der Waals surface area contributed by atoms with Crippen LogP contribution in [0.15, 0.2) is 0 Å². The van der Waals surface area contributed by atoms with Gasteiger partial charge in [0.25, 0.3) is 0 Å². The molecule has 1 rings (SSSR count). The second-order valence-electron chi connectivity index (χ2n) is 2.33. The first-order valence-corrected chi connectivity index (χ1v) is 3.50. The van der Waals surface area contributed by atoms with Gasteiger partial charge in [0.2, 0.25) is 6.29 Å². The summed E-state index contributed by atoms with van der Waals surface area (Å²) in [5.74, 6) is 0. The van der Waals surface area contributed by atoms with Crippen molar-refractivity contribution >= 4 is 12.3 Å². The highest BCUT2D eigenvalue weighted by atomic mass is 16.8. The van der Waals surface area contributed by atoms with Gasteiger partial charge in [-0.3, -0.25) is 0 Å². The van der Waals surface area contributed by atoms with E-state index < -0.39 is 24.7 Å². The monoisotopic (exact) mass is 192 g/mol. The third-order valence-electron chi connectivity index (χ3n) is 1.46. The molecule has 0 aromatic carbocycles. The molecule has 1 aliphatic heterocycles. The Bertz CT molecular complexity index is 191. The van der Waals surface area contributed by atoms with Crippen LogP contribution >= 0.6 is 0 Å². The lowest BCUT2D eigenvalue weighted by Crippen LogP contribution is -2.30. The van der Waals surface area contributed by atoms with Crippen LogP contribution in [0.4, 0.5) is 9.59 Å². The van der Waals surface area contributed by atoms with Crippen molar-refractivity contribution < 1.29 is 34.0 Å². The quantitative estimate of drug-likeness (QED) is 0.613. The average molecular weight is 192 g/mol. The molecule has 1 heterocycles. The Morgan fingerprint density at radius 1 is 1.23 bits per heavy atom. The summed E-state index contributed by atoms with van der Waals surface area (Å²) in [6, 6.07) is 0. The van der Waals surface area contributed by atoms with Crippen molar-refractivity contribution in [1.29, 1.82) is 0 Å². The molecule has 74 valence electrons. The normalized spacial score (nSPS) is 26.8. The molecule has 0 bridgehead atoms. The lowest BCUT2D eigenvalue weighted by atomic mass is 10.3. The summed E-state index contributed by atoms with van der Waals surface area (Å²) in [5, 5.41) is 16.5. The van der Waals surface area contributed by atoms with Crippen molar-refractivity contribution in [1.82, 2.24) is 0 Å². The third-order valence-corrected chi connectivity index (χ3v) is 1.46. The van der Waals surface area contributed by atoms with Crippen molar-refractivity contribution in [2.75, 3.05) is 6.61 Å². The van der Waals surface area contributed by atoms with Gasteiger partial charge in [-0.2, -0.15) is 0 Å². The van der Waals surface area contributed by atoms with Gasteiger partial charge in [0.05, 0.1) is 6.61 Å². The standard InChI is InChI=1S/C6H8O7/c7-5(8)12-3-1-2-11-4(3)13-6(9)10/h3-4H,1-2H2,(H,7,8)(H,9,10). The molecule has 0 aliphatic carbocycles. The van der Waals surface area contributed by atoms with Crippen LogP contribution in [0.1, 0.15) is 6.42 Å². The van der Waals surface area contributed by atoms with Crippen molar-refractivity contribution in [2.45, 2.75) is 18.8 Å².